The van der Waals surface area contributed by atoms with Crippen LogP contribution in [0.15, 0.2) is 42.5 Å². The quantitative estimate of drug-likeness (QED) is 0.648. The molecule has 3 nitrogen and oxygen atoms in total. The molecule has 3 N–H and O–H groups in total. The molecule has 2 aromatic rings. The van der Waals surface area contributed by atoms with Crippen molar-refractivity contribution in [1.29, 1.82) is 5.41 Å². The van der Waals surface area contributed by atoms with Crippen LogP contribution in [0.1, 0.15) is 36.5 Å². The Morgan fingerprint density at radius 3 is 2.43 bits per heavy atom. The molecule has 0 heterocycles. The first-order valence-electron chi connectivity index (χ1n) is 6.83. The van der Waals surface area contributed by atoms with Gasteiger partial charge in [-0.05, 0) is 29.2 Å². The molecular weight excluding hydrogens is 267 g/mol. The summed E-state index contributed by atoms with van der Waals surface area (Å²) >= 11 is 0. The number of benzene rings is 2. The predicted molar refractivity (Wildman–Crippen MR) is 82.3 cm³/mol. The minimum atomic E-state index is -0.546. The van der Waals surface area contributed by atoms with Crippen LogP contribution in [0.3, 0.4) is 0 Å². The van der Waals surface area contributed by atoms with Gasteiger partial charge in [0.15, 0.2) is 0 Å². The van der Waals surface area contributed by atoms with Crippen LogP contribution in [0.25, 0.3) is 0 Å². The van der Waals surface area contributed by atoms with Crippen molar-refractivity contribution in [3.8, 4) is 5.75 Å². The average Bonchev–Trinajstić information content (AvgIpc) is 2.45. The van der Waals surface area contributed by atoms with Gasteiger partial charge in [0.05, 0.1) is 5.56 Å². The molecular formula is C17H19FN2O. The van der Waals surface area contributed by atoms with Gasteiger partial charge in [-0.2, -0.15) is 0 Å². The van der Waals surface area contributed by atoms with E-state index >= 15 is 0 Å². The lowest BCUT2D eigenvalue weighted by atomic mass is 10.0. The first-order chi connectivity index (χ1) is 9.99. The van der Waals surface area contributed by atoms with Crippen molar-refractivity contribution in [2.24, 2.45) is 5.73 Å². The van der Waals surface area contributed by atoms with E-state index in [2.05, 4.69) is 26.0 Å². The summed E-state index contributed by atoms with van der Waals surface area (Å²) in [6.07, 6.45) is 0. The van der Waals surface area contributed by atoms with E-state index in [1.165, 1.54) is 11.6 Å². The standard InChI is InChI=1S/C17H19FN2O/c1-11(2)13-8-6-12(7-9-13)10-21-15-5-3-4-14(18)16(15)17(19)20/h3-9,11H,10H2,1-2H3,(H3,19,20). The zero-order valence-corrected chi connectivity index (χ0v) is 12.2. The van der Waals surface area contributed by atoms with Gasteiger partial charge in [0.1, 0.15) is 24.0 Å². The van der Waals surface area contributed by atoms with Gasteiger partial charge < -0.3 is 10.5 Å². The molecule has 110 valence electrons. The highest BCUT2D eigenvalue weighted by atomic mass is 19.1. The number of halogens is 1. The second-order valence-corrected chi connectivity index (χ2v) is 5.21. The topological polar surface area (TPSA) is 59.1 Å². The number of amidine groups is 1. The van der Waals surface area contributed by atoms with Gasteiger partial charge in [0.25, 0.3) is 0 Å². The zero-order chi connectivity index (χ0) is 15.4. The lowest BCUT2D eigenvalue weighted by molar-refractivity contribution is 0.304. The summed E-state index contributed by atoms with van der Waals surface area (Å²) < 4.78 is 19.3. The van der Waals surface area contributed by atoms with Crippen LogP contribution in [0.2, 0.25) is 0 Å². The van der Waals surface area contributed by atoms with Gasteiger partial charge >= 0.3 is 0 Å². The third-order valence-electron chi connectivity index (χ3n) is 3.29. The first kappa shape index (κ1) is 15.0. The number of ether oxygens (including phenoxy) is 1. The maximum Gasteiger partial charge on any atom is 0.137 e. The molecule has 0 amide bonds. The fourth-order valence-corrected chi connectivity index (χ4v) is 2.05. The maximum absolute atomic E-state index is 13.7. The fourth-order valence-electron chi connectivity index (χ4n) is 2.05. The maximum atomic E-state index is 13.7. The van der Waals surface area contributed by atoms with Crippen molar-refractivity contribution in [3.05, 3.63) is 65.0 Å². The van der Waals surface area contributed by atoms with Crippen molar-refractivity contribution in [1.82, 2.24) is 0 Å². The van der Waals surface area contributed by atoms with Crippen LogP contribution in [-0.4, -0.2) is 5.84 Å². The molecule has 0 saturated carbocycles. The lowest BCUT2D eigenvalue weighted by Crippen LogP contribution is -2.15. The number of hydrogen-bond acceptors (Lipinski definition) is 2. The molecule has 0 fully saturated rings. The zero-order valence-electron chi connectivity index (χ0n) is 12.2. The second kappa shape index (κ2) is 6.39. The third-order valence-corrected chi connectivity index (χ3v) is 3.29. The summed E-state index contributed by atoms with van der Waals surface area (Å²) in [5.41, 5.74) is 7.65. The van der Waals surface area contributed by atoms with Crippen LogP contribution in [0, 0.1) is 11.2 Å². The van der Waals surface area contributed by atoms with Crippen molar-refractivity contribution in [3.63, 3.8) is 0 Å². The second-order valence-electron chi connectivity index (χ2n) is 5.21. The van der Waals surface area contributed by atoms with Crippen molar-refractivity contribution >= 4 is 5.84 Å². The summed E-state index contributed by atoms with van der Waals surface area (Å²) in [6, 6.07) is 12.5. The molecule has 0 radical (unpaired) electrons. The van der Waals surface area contributed by atoms with E-state index in [-0.39, 0.29) is 17.1 Å². The summed E-state index contributed by atoms with van der Waals surface area (Å²) in [4.78, 5) is 0. The number of rotatable bonds is 5. The Balaban J connectivity index is 2.13. The highest BCUT2D eigenvalue weighted by molar-refractivity contribution is 5.97. The highest BCUT2D eigenvalue weighted by Gasteiger charge is 2.12. The van der Waals surface area contributed by atoms with E-state index in [1.54, 1.807) is 12.1 Å². The molecule has 0 aliphatic carbocycles. The molecule has 0 aliphatic rings. The minimum absolute atomic E-state index is 0.0105. The SMILES string of the molecule is CC(C)c1ccc(COc2cccc(F)c2C(=N)N)cc1. The molecule has 21 heavy (non-hydrogen) atoms. The fraction of sp³-hybridized carbons (Fsp3) is 0.235. The Hall–Kier alpha value is -2.36. The smallest absolute Gasteiger partial charge is 0.137 e. The van der Waals surface area contributed by atoms with Crippen LogP contribution in [0.5, 0.6) is 5.75 Å². The predicted octanol–water partition coefficient (Wildman–Crippen LogP) is 3.81. The van der Waals surface area contributed by atoms with E-state index in [0.717, 1.165) is 5.56 Å². The minimum Gasteiger partial charge on any atom is -0.488 e. The summed E-state index contributed by atoms with van der Waals surface area (Å²) in [5, 5.41) is 7.43. The van der Waals surface area contributed by atoms with Gasteiger partial charge in [-0.15, -0.1) is 0 Å². The van der Waals surface area contributed by atoms with Crippen LogP contribution < -0.4 is 10.5 Å². The Labute approximate surface area is 124 Å². The Kier molecular flexibility index (Phi) is 4.58. The van der Waals surface area contributed by atoms with Crippen molar-refractivity contribution in [2.45, 2.75) is 26.4 Å². The van der Waals surface area contributed by atoms with E-state index in [0.29, 0.717) is 12.5 Å². The molecule has 0 aromatic heterocycles. The van der Waals surface area contributed by atoms with Crippen LogP contribution >= 0.6 is 0 Å². The van der Waals surface area contributed by atoms with Gasteiger partial charge in [0.2, 0.25) is 0 Å². The lowest BCUT2D eigenvalue weighted by Gasteiger charge is -2.12. The number of nitrogens with two attached hydrogens (primary N) is 1. The van der Waals surface area contributed by atoms with E-state index < -0.39 is 5.82 Å². The van der Waals surface area contributed by atoms with Crippen LogP contribution in [-0.2, 0) is 6.61 Å². The highest BCUT2D eigenvalue weighted by Crippen LogP contribution is 2.22. The number of hydrogen-bond donors (Lipinski definition) is 2. The van der Waals surface area contributed by atoms with Crippen LogP contribution in [0.4, 0.5) is 4.39 Å². The third kappa shape index (κ3) is 3.60. The molecule has 2 aromatic carbocycles. The summed E-state index contributed by atoms with van der Waals surface area (Å²) in [5.74, 6) is -0.114. The molecule has 0 saturated heterocycles. The van der Waals surface area contributed by atoms with Gasteiger partial charge in [-0.1, -0.05) is 44.2 Å². The largest absolute Gasteiger partial charge is 0.488 e. The summed E-state index contributed by atoms with van der Waals surface area (Å²) in [6.45, 7) is 4.58. The molecule has 0 bridgehead atoms. The van der Waals surface area contributed by atoms with Crippen molar-refractivity contribution in [2.75, 3.05) is 0 Å². The summed E-state index contributed by atoms with van der Waals surface area (Å²) in [7, 11) is 0. The van der Waals surface area contributed by atoms with E-state index in [4.69, 9.17) is 15.9 Å². The molecule has 0 unspecified atom stereocenters. The monoisotopic (exact) mass is 286 g/mol. The Bertz CT molecular complexity index is 636. The molecule has 4 heteroatoms. The molecule has 0 atom stereocenters. The normalized spacial score (nSPS) is 10.7. The molecule has 2 rings (SSSR count). The number of nitrogen functional groups attached to an aromatic ring is 1. The van der Waals surface area contributed by atoms with Crippen molar-refractivity contribution < 1.29 is 9.13 Å². The molecule has 0 spiro atoms. The number of nitrogens with one attached hydrogen (secondary N) is 1. The van der Waals surface area contributed by atoms with E-state index in [9.17, 15) is 4.39 Å². The van der Waals surface area contributed by atoms with Gasteiger partial charge in [0, 0.05) is 0 Å². The Morgan fingerprint density at radius 2 is 1.86 bits per heavy atom. The Morgan fingerprint density at radius 1 is 1.19 bits per heavy atom. The van der Waals surface area contributed by atoms with Gasteiger partial charge in [-0.3, -0.25) is 5.41 Å². The van der Waals surface area contributed by atoms with E-state index in [1.807, 2.05) is 12.1 Å². The molecule has 0 aliphatic heterocycles. The average molecular weight is 286 g/mol. The first-order valence-corrected chi connectivity index (χ1v) is 6.83. The van der Waals surface area contributed by atoms with Gasteiger partial charge in [-0.25, -0.2) is 4.39 Å².